The van der Waals surface area contributed by atoms with Crippen LogP contribution in [0.2, 0.25) is 0 Å². The number of anilines is 1. The molecule has 1 atom stereocenters. The van der Waals surface area contributed by atoms with Gasteiger partial charge in [-0.25, -0.2) is 4.39 Å². The average Bonchev–Trinajstić information content (AvgIpc) is 3.08. The minimum absolute atomic E-state index is 0.142. The molecule has 2 aliphatic heterocycles. The summed E-state index contributed by atoms with van der Waals surface area (Å²) in [5.74, 6) is -0.338. The molecule has 2 saturated heterocycles. The molecule has 0 saturated carbocycles. The highest BCUT2D eigenvalue weighted by molar-refractivity contribution is 5.94. The molecule has 1 aromatic rings. The third kappa shape index (κ3) is 3.75. The third-order valence-corrected chi connectivity index (χ3v) is 4.91. The van der Waals surface area contributed by atoms with Crippen LogP contribution in [0.1, 0.15) is 36.5 Å². The molecule has 0 spiro atoms. The van der Waals surface area contributed by atoms with Gasteiger partial charge in [0.2, 0.25) is 5.91 Å². The summed E-state index contributed by atoms with van der Waals surface area (Å²) in [4.78, 5) is 27.5. The number of rotatable bonds is 4. The highest BCUT2D eigenvalue weighted by Crippen LogP contribution is 2.22. The molecule has 1 aromatic carbocycles. The highest BCUT2D eigenvalue weighted by atomic mass is 19.1. The van der Waals surface area contributed by atoms with E-state index in [1.165, 1.54) is 13.0 Å². The van der Waals surface area contributed by atoms with Crippen molar-refractivity contribution in [1.82, 2.24) is 10.2 Å². The van der Waals surface area contributed by atoms with Crippen LogP contribution in [0.4, 0.5) is 10.1 Å². The third-order valence-electron chi connectivity index (χ3n) is 4.91. The fraction of sp³-hybridized carbons (Fsp3) is 0.556. The van der Waals surface area contributed by atoms with Crippen molar-refractivity contribution < 1.29 is 14.0 Å². The van der Waals surface area contributed by atoms with E-state index in [0.717, 1.165) is 19.4 Å². The quantitative estimate of drug-likeness (QED) is 0.854. The van der Waals surface area contributed by atoms with E-state index in [9.17, 15) is 14.0 Å². The molecule has 1 N–H and O–H groups in total. The lowest BCUT2D eigenvalue weighted by molar-refractivity contribution is -0.131. The Bertz CT molecular complexity index is 621. The SMILES string of the molecule is CC(=O)c1ccc(N2CCN(C(=O)CC3CCCN3)CC2)c(F)c1. The molecule has 24 heavy (non-hydrogen) atoms. The van der Waals surface area contributed by atoms with Crippen LogP contribution in [0.5, 0.6) is 0 Å². The van der Waals surface area contributed by atoms with Crippen molar-refractivity contribution in [1.29, 1.82) is 0 Å². The maximum Gasteiger partial charge on any atom is 0.224 e. The molecule has 0 radical (unpaired) electrons. The van der Waals surface area contributed by atoms with Crippen LogP contribution in [0.15, 0.2) is 18.2 Å². The number of amides is 1. The van der Waals surface area contributed by atoms with Gasteiger partial charge in [0.25, 0.3) is 0 Å². The highest BCUT2D eigenvalue weighted by Gasteiger charge is 2.25. The van der Waals surface area contributed by atoms with Crippen LogP contribution in [0, 0.1) is 5.82 Å². The van der Waals surface area contributed by atoms with Gasteiger partial charge in [-0.05, 0) is 44.5 Å². The van der Waals surface area contributed by atoms with E-state index < -0.39 is 0 Å². The zero-order chi connectivity index (χ0) is 17.1. The van der Waals surface area contributed by atoms with E-state index in [2.05, 4.69) is 5.32 Å². The summed E-state index contributed by atoms with van der Waals surface area (Å²) in [5, 5.41) is 3.35. The van der Waals surface area contributed by atoms with Gasteiger partial charge in [-0.15, -0.1) is 0 Å². The van der Waals surface area contributed by atoms with Gasteiger partial charge in [0.15, 0.2) is 5.78 Å². The smallest absolute Gasteiger partial charge is 0.224 e. The lowest BCUT2D eigenvalue weighted by Gasteiger charge is -2.36. The van der Waals surface area contributed by atoms with Gasteiger partial charge in [-0.1, -0.05) is 0 Å². The van der Waals surface area contributed by atoms with E-state index in [4.69, 9.17) is 0 Å². The maximum atomic E-state index is 14.2. The molecular weight excluding hydrogens is 309 g/mol. The Morgan fingerprint density at radius 1 is 1.25 bits per heavy atom. The van der Waals surface area contributed by atoms with E-state index in [0.29, 0.717) is 49.9 Å². The second-order valence-corrected chi connectivity index (χ2v) is 6.59. The molecule has 0 bridgehead atoms. The van der Waals surface area contributed by atoms with Gasteiger partial charge in [0, 0.05) is 44.2 Å². The van der Waals surface area contributed by atoms with Crippen LogP contribution in [0.25, 0.3) is 0 Å². The second-order valence-electron chi connectivity index (χ2n) is 6.59. The van der Waals surface area contributed by atoms with Gasteiger partial charge >= 0.3 is 0 Å². The number of carbonyl (C=O) groups is 2. The molecule has 1 unspecified atom stereocenters. The first-order valence-electron chi connectivity index (χ1n) is 8.61. The number of nitrogens with one attached hydrogen (secondary N) is 1. The number of ketones is 1. The summed E-state index contributed by atoms with van der Waals surface area (Å²) >= 11 is 0. The van der Waals surface area contributed by atoms with Crippen LogP contribution in [-0.4, -0.2) is 55.4 Å². The lowest BCUT2D eigenvalue weighted by Crippen LogP contribution is -2.50. The van der Waals surface area contributed by atoms with Crippen molar-refractivity contribution >= 4 is 17.4 Å². The number of hydrogen-bond acceptors (Lipinski definition) is 4. The van der Waals surface area contributed by atoms with Crippen LogP contribution in [-0.2, 0) is 4.79 Å². The van der Waals surface area contributed by atoms with Gasteiger partial charge in [-0.2, -0.15) is 0 Å². The predicted octanol–water partition coefficient (Wildman–Crippen LogP) is 1.82. The molecule has 2 heterocycles. The maximum absolute atomic E-state index is 14.2. The molecular formula is C18H24FN3O2. The normalized spacial score (nSPS) is 21.2. The van der Waals surface area contributed by atoms with Gasteiger partial charge in [-0.3, -0.25) is 9.59 Å². The Morgan fingerprint density at radius 3 is 2.58 bits per heavy atom. The summed E-state index contributed by atoms with van der Waals surface area (Å²) in [5.41, 5.74) is 0.888. The van der Waals surface area contributed by atoms with E-state index in [1.54, 1.807) is 12.1 Å². The summed E-state index contributed by atoms with van der Waals surface area (Å²) in [6.45, 7) is 4.87. The first-order valence-corrected chi connectivity index (χ1v) is 8.61. The Balaban J connectivity index is 1.56. The number of benzene rings is 1. The van der Waals surface area contributed by atoms with Crippen molar-refractivity contribution in [2.45, 2.75) is 32.2 Å². The Hall–Kier alpha value is -1.95. The molecule has 6 heteroatoms. The van der Waals surface area contributed by atoms with Crippen LogP contribution < -0.4 is 10.2 Å². The van der Waals surface area contributed by atoms with Crippen molar-refractivity contribution in [3.63, 3.8) is 0 Å². The van der Waals surface area contributed by atoms with E-state index in [1.807, 2.05) is 9.80 Å². The van der Waals surface area contributed by atoms with E-state index in [-0.39, 0.29) is 17.5 Å². The second kappa shape index (κ2) is 7.30. The Labute approximate surface area is 141 Å². The largest absolute Gasteiger partial charge is 0.366 e. The zero-order valence-corrected chi connectivity index (χ0v) is 14.1. The molecule has 0 aromatic heterocycles. The lowest BCUT2D eigenvalue weighted by atomic mass is 10.1. The van der Waals surface area contributed by atoms with Crippen LogP contribution in [0.3, 0.4) is 0 Å². The summed E-state index contributed by atoms with van der Waals surface area (Å²) in [7, 11) is 0. The topological polar surface area (TPSA) is 52.7 Å². The average molecular weight is 333 g/mol. The molecule has 130 valence electrons. The fourth-order valence-corrected chi connectivity index (χ4v) is 3.45. The first-order chi connectivity index (χ1) is 11.5. The number of piperazine rings is 1. The summed E-state index contributed by atoms with van der Waals surface area (Å²) in [6.07, 6.45) is 2.77. The van der Waals surface area contributed by atoms with Crippen LogP contribution >= 0.6 is 0 Å². The summed E-state index contributed by atoms with van der Waals surface area (Å²) in [6, 6.07) is 4.92. The summed E-state index contributed by atoms with van der Waals surface area (Å²) < 4.78 is 14.2. The Morgan fingerprint density at radius 2 is 2.00 bits per heavy atom. The van der Waals surface area contributed by atoms with Gasteiger partial charge in [0.1, 0.15) is 5.82 Å². The molecule has 0 aliphatic carbocycles. The monoisotopic (exact) mass is 333 g/mol. The van der Waals surface area contributed by atoms with Crippen molar-refractivity contribution in [2.75, 3.05) is 37.6 Å². The molecule has 2 aliphatic rings. The number of halogens is 1. The number of nitrogens with zero attached hydrogens (tertiary/aromatic N) is 2. The van der Waals surface area contributed by atoms with Gasteiger partial charge < -0.3 is 15.1 Å². The van der Waals surface area contributed by atoms with Gasteiger partial charge in [0.05, 0.1) is 5.69 Å². The molecule has 2 fully saturated rings. The fourth-order valence-electron chi connectivity index (χ4n) is 3.45. The van der Waals surface area contributed by atoms with Crippen molar-refractivity contribution in [3.05, 3.63) is 29.6 Å². The molecule has 3 rings (SSSR count). The van der Waals surface area contributed by atoms with Crippen molar-refractivity contribution in [2.24, 2.45) is 0 Å². The number of Topliss-reactive ketones (excluding diaryl/α,β-unsaturated/α-hetero) is 1. The number of carbonyl (C=O) groups excluding carboxylic acids is 2. The number of hydrogen-bond donors (Lipinski definition) is 1. The predicted molar refractivity (Wildman–Crippen MR) is 90.8 cm³/mol. The molecule has 5 nitrogen and oxygen atoms in total. The Kier molecular flexibility index (Phi) is 5.14. The van der Waals surface area contributed by atoms with E-state index >= 15 is 0 Å². The minimum atomic E-state index is -0.377. The standard InChI is InChI=1S/C18H24FN3O2/c1-13(23)14-4-5-17(16(19)11-14)21-7-9-22(10-8-21)18(24)12-15-3-2-6-20-15/h4-5,11,15,20H,2-3,6-10,12H2,1H3. The minimum Gasteiger partial charge on any atom is -0.366 e. The van der Waals surface area contributed by atoms with Crippen molar-refractivity contribution in [3.8, 4) is 0 Å². The zero-order valence-electron chi connectivity index (χ0n) is 14.1. The first kappa shape index (κ1) is 16.9. The molecule has 1 amide bonds.